The van der Waals surface area contributed by atoms with E-state index in [1.54, 1.807) is 12.1 Å². The lowest BCUT2D eigenvalue weighted by atomic mass is 9.99. The molecule has 0 bridgehead atoms. The molecule has 0 radical (unpaired) electrons. The van der Waals surface area contributed by atoms with E-state index in [1.807, 2.05) is 44.2 Å². The van der Waals surface area contributed by atoms with Gasteiger partial charge in [0.25, 0.3) is 0 Å². The number of carbonyl (C=O) groups excluding carboxylic acids is 5. The van der Waals surface area contributed by atoms with Crippen LogP contribution in [-0.4, -0.2) is 90.9 Å². The second-order valence-electron chi connectivity index (χ2n) is 14.1. The summed E-state index contributed by atoms with van der Waals surface area (Å²) in [7, 11) is 1.24. The number of unbranched alkanes of at least 4 members (excludes halogenated alkanes) is 1. The van der Waals surface area contributed by atoms with E-state index < -0.39 is 53.4 Å². The van der Waals surface area contributed by atoms with E-state index in [0.717, 1.165) is 11.1 Å². The summed E-state index contributed by atoms with van der Waals surface area (Å²) >= 11 is 0. The number of nitrogens with one attached hydrogen (secondary N) is 3. The van der Waals surface area contributed by atoms with Gasteiger partial charge in [0, 0.05) is 19.5 Å². The molecule has 1 aliphatic heterocycles. The molecule has 2 aromatic carbocycles. The van der Waals surface area contributed by atoms with E-state index in [9.17, 15) is 28.4 Å². The molecular weight excluding hydrogens is 669 g/mol. The first kappa shape index (κ1) is 42.0. The van der Waals surface area contributed by atoms with Crippen molar-refractivity contribution in [3.63, 3.8) is 0 Å². The van der Waals surface area contributed by atoms with E-state index in [0.29, 0.717) is 38.6 Å². The average molecular weight is 726 g/mol. The molecule has 2 aromatic rings. The first-order valence-electron chi connectivity index (χ1n) is 18.1. The van der Waals surface area contributed by atoms with Crippen LogP contribution in [0.5, 0.6) is 0 Å². The van der Waals surface area contributed by atoms with E-state index >= 15 is 0 Å². The van der Waals surface area contributed by atoms with Crippen LogP contribution in [0.25, 0.3) is 0 Å². The van der Waals surface area contributed by atoms with Crippen LogP contribution in [0.3, 0.4) is 0 Å². The third kappa shape index (κ3) is 13.0. The summed E-state index contributed by atoms with van der Waals surface area (Å²) in [6.07, 6.45) is 3.39. The van der Waals surface area contributed by atoms with Crippen LogP contribution < -0.4 is 33.2 Å². The van der Waals surface area contributed by atoms with Crippen molar-refractivity contribution in [2.75, 3.05) is 26.7 Å². The van der Waals surface area contributed by atoms with Crippen LogP contribution in [0.2, 0.25) is 0 Å². The Morgan fingerprint density at radius 1 is 0.827 bits per heavy atom. The number of methoxy groups -OCH3 is 1. The number of nitrogens with zero attached hydrogens (tertiary/aromatic N) is 1. The number of hydrogen-bond acceptors (Lipinski definition) is 9. The number of likely N-dealkylation sites (tertiary alicyclic amines) is 1. The standard InChI is InChI=1S/C38H56FN7O6/c1-25(2)12-19-30(34(48)44-31(11-7-8-21-40)36(50)46-22-20-38(42,24-46)37(51)52-3)43-35(49)32(23-27-9-5-4-6-10-27)45-33(47)29(41)18-15-26-13-16-28(39)17-14-26/h4-6,9-10,13-14,16-17,25,29-32H,7-8,11-12,15,18-24,40-42H2,1-3H3,(H,43,49)(H,44,48)(H,45,47)/t29-,30-,31-,32-,38?/m1/s1. The molecule has 1 aliphatic rings. The lowest BCUT2D eigenvalue weighted by molar-refractivity contribution is -0.147. The Bertz CT molecular complexity index is 1480. The molecule has 4 amide bonds. The van der Waals surface area contributed by atoms with Gasteiger partial charge in [0.2, 0.25) is 23.6 Å². The van der Waals surface area contributed by atoms with Crippen LogP contribution in [0.4, 0.5) is 4.39 Å². The van der Waals surface area contributed by atoms with Gasteiger partial charge in [-0.05, 0) is 87.1 Å². The zero-order chi connectivity index (χ0) is 38.3. The fraction of sp³-hybridized carbons (Fsp3) is 0.553. The topological polar surface area (TPSA) is 212 Å². The summed E-state index contributed by atoms with van der Waals surface area (Å²) < 4.78 is 18.2. The van der Waals surface area contributed by atoms with Crippen molar-refractivity contribution in [2.45, 2.75) is 101 Å². The Morgan fingerprint density at radius 3 is 2.10 bits per heavy atom. The molecule has 1 heterocycles. The van der Waals surface area contributed by atoms with Crippen molar-refractivity contribution in [1.29, 1.82) is 0 Å². The largest absolute Gasteiger partial charge is 0.468 e. The highest BCUT2D eigenvalue weighted by molar-refractivity contribution is 5.95. The van der Waals surface area contributed by atoms with Gasteiger partial charge in [0.05, 0.1) is 13.2 Å². The van der Waals surface area contributed by atoms with E-state index in [-0.39, 0.29) is 56.4 Å². The van der Waals surface area contributed by atoms with Crippen LogP contribution in [0.1, 0.15) is 69.9 Å². The molecule has 14 heteroatoms. The maximum absolute atomic E-state index is 14.0. The summed E-state index contributed by atoms with van der Waals surface area (Å²) in [4.78, 5) is 68.7. The fourth-order valence-electron chi connectivity index (χ4n) is 6.12. The summed E-state index contributed by atoms with van der Waals surface area (Å²) in [5, 5.41) is 8.49. The Labute approximate surface area is 305 Å². The zero-order valence-corrected chi connectivity index (χ0v) is 30.6. The van der Waals surface area contributed by atoms with Crippen molar-refractivity contribution in [2.24, 2.45) is 23.1 Å². The lowest BCUT2D eigenvalue weighted by Crippen LogP contribution is -2.58. The first-order chi connectivity index (χ1) is 24.8. The van der Waals surface area contributed by atoms with Crippen LogP contribution >= 0.6 is 0 Å². The molecule has 52 heavy (non-hydrogen) atoms. The third-order valence-electron chi connectivity index (χ3n) is 9.34. The number of rotatable bonds is 20. The van der Waals surface area contributed by atoms with Gasteiger partial charge in [0.1, 0.15) is 29.5 Å². The highest BCUT2D eigenvalue weighted by atomic mass is 19.1. The van der Waals surface area contributed by atoms with Crippen LogP contribution in [0, 0.1) is 11.7 Å². The van der Waals surface area contributed by atoms with Gasteiger partial charge in [-0.15, -0.1) is 0 Å². The molecule has 1 saturated heterocycles. The van der Waals surface area contributed by atoms with Crippen molar-refractivity contribution in [3.05, 3.63) is 71.5 Å². The minimum Gasteiger partial charge on any atom is -0.468 e. The molecule has 5 atom stereocenters. The quantitative estimate of drug-likeness (QED) is 0.0860. The van der Waals surface area contributed by atoms with Gasteiger partial charge in [0.15, 0.2) is 0 Å². The minimum absolute atomic E-state index is 0.0534. The van der Waals surface area contributed by atoms with Crippen molar-refractivity contribution < 1.29 is 33.1 Å². The predicted molar refractivity (Wildman–Crippen MR) is 196 cm³/mol. The Morgan fingerprint density at radius 2 is 1.46 bits per heavy atom. The fourth-order valence-corrected chi connectivity index (χ4v) is 6.12. The number of benzene rings is 2. The van der Waals surface area contributed by atoms with Gasteiger partial charge in [-0.2, -0.15) is 0 Å². The number of carbonyl (C=O) groups is 5. The molecule has 0 spiro atoms. The second kappa shape index (κ2) is 20.6. The van der Waals surface area contributed by atoms with E-state index in [4.69, 9.17) is 21.9 Å². The predicted octanol–water partition coefficient (Wildman–Crippen LogP) is 1.45. The molecule has 13 nitrogen and oxygen atoms in total. The molecule has 0 saturated carbocycles. The smallest absolute Gasteiger partial charge is 0.327 e. The van der Waals surface area contributed by atoms with Gasteiger partial charge in [-0.3, -0.25) is 19.2 Å². The Balaban J connectivity index is 1.78. The number of aryl methyl sites for hydroxylation is 1. The number of esters is 1. The van der Waals surface area contributed by atoms with Crippen molar-refractivity contribution >= 4 is 29.6 Å². The number of amides is 4. The average Bonchev–Trinajstić information content (AvgIpc) is 3.54. The molecule has 0 aromatic heterocycles. The number of hydrogen-bond donors (Lipinski definition) is 6. The van der Waals surface area contributed by atoms with Crippen LogP contribution in [-0.2, 0) is 41.6 Å². The molecule has 286 valence electrons. The summed E-state index contributed by atoms with van der Waals surface area (Å²) in [6, 6.07) is 11.1. The van der Waals surface area contributed by atoms with Gasteiger partial charge >= 0.3 is 5.97 Å². The second-order valence-corrected chi connectivity index (χ2v) is 14.1. The summed E-state index contributed by atoms with van der Waals surface area (Å²) in [5.74, 6) is -2.84. The summed E-state index contributed by atoms with van der Waals surface area (Å²) in [6.45, 7) is 4.56. The summed E-state index contributed by atoms with van der Waals surface area (Å²) in [5.41, 5.74) is 18.4. The van der Waals surface area contributed by atoms with Gasteiger partial charge in [-0.1, -0.05) is 56.3 Å². The third-order valence-corrected chi connectivity index (χ3v) is 9.34. The van der Waals surface area contributed by atoms with Crippen molar-refractivity contribution in [1.82, 2.24) is 20.9 Å². The molecule has 9 N–H and O–H groups in total. The maximum Gasteiger partial charge on any atom is 0.327 e. The minimum atomic E-state index is -1.34. The molecule has 0 aliphatic carbocycles. The molecular formula is C38H56FN7O6. The van der Waals surface area contributed by atoms with E-state index in [2.05, 4.69) is 16.0 Å². The number of halogens is 1. The van der Waals surface area contributed by atoms with E-state index in [1.165, 1.54) is 24.1 Å². The number of nitrogens with two attached hydrogens (primary N) is 3. The molecule has 1 fully saturated rings. The Hall–Kier alpha value is -4.40. The monoisotopic (exact) mass is 725 g/mol. The SMILES string of the molecule is COC(=O)C1(N)CCN(C(=O)[C@@H](CCCCN)NC(=O)[C@@H](CCC(C)C)NC(=O)[C@@H](Cc2ccccc2)NC(=O)[C@H](N)CCc2ccc(F)cc2)C1. The number of ether oxygens (including phenoxy) is 1. The normalized spacial score (nSPS) is 17.9. The zero-order valence-electron chi connectivity index (χ0n) is 30.6. The van der Waals surface area contributed by atoms with Gasteiger partial charge < -0.3 is 42.8 Å². The molecule has 1 unspecified atom stereocenters. The highest BCUT2D eigenvalue weighted by Gasteiger charge is 2.45. The maximum atomic E-state index is 14.0. The molecule has 3 rings (SSSR count). The van der Waals surface area contributed by atoms with Crippen molar-refractivity contribution in [3.8, 4) is 0 Å². The van der Waals surface area contributed by atoms with Crippen LogP contribution in [0.15, 0.2) is 54.6 Å². The highest BCUT2D eigenvalue weighted by Crippen LogP contribution is 2.22. The lowest BCUT2D eigenvalue weighted by Gasteiger charge is -2.29. The first-order valence-corrected chi connectivity index (χ1v) is 18.1. The Kier molecular flexibility index (Phi) is 16.6. The van der Waals surface area contributed by atoms with Gasteiger partial charge in [-0.25, -0.2) is 9.18 Å².